The monoisotopic (exact) mass is 450 g/mol. The molecule has 0 aliphatic rings. The molecule has 0 fully saturated rings. The van der Waals surface area contributed by atoms with E-state index in [-0.39, 0.29) is 17.9 Å². The third-order valence-corrected chi connectivity index (χ3v) is 5.62. The molecule has 1 heterocycles. The van der Waals surface area contributed by atoms with Crippen LogP contribution in [0.3, 0.4) is 0 Å². The molecule has 0 bridgehead atoms. The van der Waals surface area contributed by atoms with E-state index in [1.807, 2.05) is 20.2 Å². The van der Waals surface area contributed by atoms with Crippen LogP contribution in [0.4, 0.5) is 5.69 Å². The molecular weight excluding hydrogens is 432 g/mol. The van der Waals surface area contributed by atoms with Crippen molar-refractivity contribution in [3.05, 3.63) is 49.5 Å². The van der Waals surface area contributed by atoms with Gasteiger partial charge in [-0.25, -0.2) is 0 Å². The number of aromatic nitrogens is 1. The first kappa shape index (κ1) is 19.7. The van der Waals surface area contributed by atoms with Crippen molar-refractivity contribution >= 4 is 61.0 Å². The summed E-state index contributed by atoms with van der Waals surface area (Å²) < 4.78 is 2.51. The second-order valence-corrected chi connectivity index (χ2v) is 8.30. The summed E-state index contributed by atoms with van der Waals surface area (Å²) in [6.45, 7) is 3.83. The minimum atomic E-state index is -0.986. The molecule has 7 heteroatoms. The summed E-state index contributed by atoms with van der Waals surface area (Å²) in [5, 5.41) is 10.9. The summed E-state index contributed by atoms with van der Waals surface area (Å²) in [6.07, 6.45) is 0. The molecule has 142 valence electrons. The Morgan fingerprint density at radius 3 is 2.48 bits per heavy atom. The fourth-order valence-corrected chi connectivity index (χ4v) is 4.55. The summed E-state index contributed by atoms with van der Waals surface area (Å²) in [6, 6.07) is 7.02. The van der Waals surface area contributed by atoms with Crippen LogP contribution >= 0.6 is 27.5 Å². The Hall–Kier alpha value is -2.05. The number of halogens is 2. The number of benzene rings is 2. The SMILES string of the molecule is CC(C)c1cc2c(cc1Br)c(=O)c1ccc(Cl)c(N(C)C)c1n2CC(=O)O. The molecule has 0 amide bonds. The molecule has 0 aliphatic carbocycles. The van der Waals surface area contributed by atoms with E-state index in [9.17, 15) is 14.7 Å². The van der Waals surface area contributed by atoms with Gasteiger partial charge in [-0.2, -0.15) is 0 Å². The number of rotatable bonds is 4. The lowest BCUT2D eigenvalue weighted by Gasteiger charge is -2.22. The standard InChI is InChI=1S/C20H20BrClN2O3/c1-10(2)12-8-16-13(7-14(12)21)20(27)11-5-6-15(22)19(23(3)4)18(11)24(16)9-17(25)26/h5-8,10H,9H2,1-4H3,(H,25,26). The van der Waals surface area contributed by atoms with Crippen molar-refractivity contribution in [2.75, 3.05) is 19.0 Å². The van der Waals surface area contributed by atoms with Gasteiger partial charge in [-0.15, -0.1) is 0 Å². The Balaban J connectivity index is 2.65. The van der Waals surface area contributed by atoms with Gasteiger partial charge in [0.15, 0.2) is 5.43 Å². The zero-order chi connectivity index (χ0) is 20.0. The number of hydrogen-bond acceptors (Lipinski definition) is 3. The molecule has 0 spiro atoms. The van der Waals surface area contributed by atoms with Gasteiger partial charge in [0, 0.05) is 29.3 Å². The largest absolute Gasteiger partial charge is 0.480 e. The average Bonchev–Trinajstić information content (AvgIpc) is 2.57. The Labute approximate surface area is 170 Å². The molecule has 3 aromatic rings. The van der Waals surface area contributed by atoms with Gasteiger partial charge in [0.2, 0.25) is 0 Å². The molecule has 0 unspecified atom stereocenters. The lowest BCUT2D eigenvalue weighted by atomic mass is 9.99. The predicted molar refractivity (Wildman–Crippen MR) is 114 cm³/mol. The highest BCUT2D eigenvalue weighted by atomic mass is 79.9. The number of nitrogens with zero attached hydrogens (tertiary/aromatic N) is 2. The third kappa shape index (κ3) is 3.32. The first-order chi connectivity index (χ1) is 12.6. The molecule has 27 heavy (non-hydrogen) atoms. The van der Waals surface area contributed by atoms with Gasteiger partial charge >= 0.3 is 5.97 Å². The van der Waals surface area contributed by atoms with Crippen LogP contribution in [0.25, 0.3) is 21.8 Å². The predicted octanol–water partition coefficient (Wildman–Crippen LogP) is 4.84. The van der Waals surface area contributed by atoms with Crippen LogP contribution in [0.15, 0.2) is 33.5 Å². The van der Waals surface area contributed by atoms with Crippen LogP contribution in [0.2, 0.25) is 5.02 Å². The highest BCUT2D eigenvalue weighted by Crippen LogP contribution is 2.36. The molecule has 3 rings (SSSR count). The van der Waals surface area contributed by atoms with Crippen LogP contribution < -0.4 is 10.3 Å². The molecule has 2 aromatic carbocycles. The van der Waals surface area contributed by atoms with Crippen molar-refractivity contribution < 1.29 is 9.90 Å². The van der Waals surface area contributed by atoms with Crippen molar-refractivity contribution in [3.8, 4) is 0 Å². The molecule has 0 atom stereocenters. The number of anilines is 1. The van der Waals surface area contributed by atoms with Crippen LogP contribution in [0.5, 0.6) is 0 Å². The van der Waals surface area contributed by atoms with Gasteiger partial charge in [-0.3, -0.25) is 9.59 Å². The fourth-order valence-electron chi connectivity index (χ4n) is 3.43. The van der Waals surface area contributed by atoms with E-state index >= 15 is 0 Å². The van der Waals surface area contributed by atoms with Gasteiger partial charge < -0.3 is 14.6 Å². The minimum Gasteiger partial charge on any atom is -0.480 e. The lowest BCUT2D eigenvalue weighted by molar-refractivity contribution is -0.137. The Kier molecular flexibility index (Phi) is 5.23. The smallest absolute Gasteiger partial charge is 0.323 e. The second-order valence-electron chi connectivity index (χ2n) is 7.04. The highest BCUT2D eigenvalue weighted by Gasteiger charge is 2.20. The zero-order valence-corrected chi connectivity index (χ0v) is 17.8. The summed E-state index contributed by atoms with van der Waals surface area (Å²) in [4.78, 5) is 26.6. The quantitative estimate of drug-likeness (QED) is 0.576. The van der Waals surface area contributed by atoms with Crippen molar-refractivity contribution in [2.45, 2.75) is 26.3 Å². The van der Waals surface area contributed by atoms with E-state index < -0.39 is 5.97 Å². The molecule has 1 N–H and O–H groups in total. The summed E-state index contributed by atoms with van der Waals surface area (Å²) in [5.41, 5.74) is 2.62. The Bertz CT molecular complexity index is 1140. The number of pyridine rings is 1. The van der Waals surface area contributed by atoms with Crippen molar-refractivity contribution in [1.29, 1.82) is 0 Å². The van der Waals surface area contributed by atoms with Crippen molar-refractivity contribution in [2.24, 2.45) is 0 Å². The number of carboxylic acid groups (broad SMARTS) is 1. The average molecular weight is 452 g/mol. The Morgan fingerprint density at radius 1 is 1.26 bits per heavy atom. The molecule has 0 aliphatic heterocycles. The van der Waals surface area contributed by atoms with E-state index in [2.05, 4.69) is 29.8 Å². The molecule has 5 nitrogen and oxygen atoms in total. The van der Waals surface area contributed by atoms with Crippen molar-refractivity contribution in [3.63, 3.8) is 0 Å². The molecule has 1 aromatic heterocycles. The lowest BCUT2D eigenvalue weighted by Crippen LogP contribution is -2.20. The number of hydrogen-bond donors (Lipinski definition) is 1. The van der Waals surface area contributed by atoms with Gasteiger partial charge in [-0.1, -0.05) is 41.4 Å². The molecule has 0 saturated carbocycles. The maximum atomic E-state index is 13.2. The Morgan fingerprint density at radius 2 is 1.93 bits per heavy atom. The minimum absolute atomic E-state index is 0.141. The van der Waals surface area contributed by atoms with Crippen molar-refractivity contribution in [1.82, 2.24) is 4.57 Å². The third-order valence-electron chi connectivity index (χ3n) is 4.63. The number of aliphatic carboxylic acids is 1. The normalized spacial score (nSPS) is 11.5. The molecule has 0 saturated heterocycles. The van der Waals surface area contributed by atoms with E-state index in [0.29, 0.717) is 32.5 Å². The first-order valence-corrected chi connectivity index (χ1v) is 9.67. The molecular formula is C20H20BrClN2O3. The second kappa shape index (κ2) is 7.17. The van der Waals surface area contributed by atoms with Gasteiger partial charge in [0.1, 0.15) is 6.54 Å². The maximum absolute atomic E-state index is 13.2. The van der Waals surface area contributed by atoms with E-state index in [1.54, 1.807) is 27.7 Å². The number of carbonyl (C=O) groups is 1. The number of carboxylic acids is 1. The van der Waals surface area contributed by atoms with E-state index in [0.717, 1.165) is 10.0 Å². The highest BCUT2D eigenvalue weighted by molar-refractivity contribution is 9.10. The summed E-state index contributed by atoms with van der Waals surface area (Å²) in [5.74, 6) is -0.777. The van der Waals surface area contributed by atoms with Crippen LogP contribution in [0, 0.1) is 0 Å². The number of fused-ring (bicyclic) bond motifs is 2. The van der Waals surface area contributed by atoms with Gasteiger partial charge in [0.25, 0.3) is 0 Å². The zero-order valence-electron chi connectivity index (χ0n) is 15.5. The van der Waals surface area contributed by atoms with Crippen LogP contribution in [-0.2, 0) is 11.3 Å². The summed E-state index contributed by atoms with van der Waals surface area (Å²) >= 11 is 9.95. The van der Waals surface area contributed by atoms with Gasteiger partial charge in [-0.05, 0) is 35.7 Å². The van der Waals surface area contributed by atoms with Gasteiger partial charge in [0.05, 0.1) is 21.7 Å². The first-order valence-electron chi connectivity index (χ1n) is 8.50. The molecule has 0 radical (unpaired) electrons. The van der Waals surface area contributed by atoms with Crippen LogP contribution in [0.1, 0.15) is 25.3 Å². The fraction of sp³-hybridized carbons (Fsp3) is 0.300. The summed E-state index contributed by atoms with van der Waals surface area (Å²) in [7, 11) is 3.64. The van der Waals surface area contributed by atoms with Crippen LogP contribution in [-0.4, -0.2) is 29.7 Å². The van der Waals surface area contributed by atoms with E-state index in [4.69, 9.17) is 11.6 Å². The topological polar surface area (TPSA) is 62.5 Å². The van der Waals surface area contributed by atoms with E-state index in [1.165, 1.54) is 0 Å². The maximum Gasteiger partial charge on any atom is 0.323 e.